The molecule has 12 heavy (non-hydrogen) atoms. The molecule has 0 aromatic rings. The first kappa shape index (κ1) is 11.4. The summed E-state index contributed by atoms with van der Waals surface area (Å²) < 4.78 is 0. The highest BCUT2D eigenvalue weighted by Crippen LogP contribution is 2.22. The molecule has 1 atom stereocenters. The van der Waals surface area contributed by atoms with E-state index in [-0.39, 0.29) is 11.5 Å². The van der Waals surface area contributed by atoms with Crippen LogP contribution < -0.4 is 0 Å². The van der Waals surface area contributed by atoms with Crippen LogP contribution in [0.4, 0.5) is 0 Å². The Balaban J connectivity index is 3.64. The number of hydrogen-bond acceptors (Lipinski definition) is 1. The molecule has 0 aliphatic rings. The summed E-state index contributed by atoms with van der Waals surface area (Å²) in [5, 5.41) is 9.63. The molecule has 1 N–H and O–H groups in total. The van der Waals surface area contributed by atoms with Crippen molar-refractivity contribution in [2.75, 3.05) is 0 Å². The van der Waals surface area contributed by atoms with Gasteiger partial charge in [-0.25, -0.2) is 0 Å². The third-order valence-electron chi connectivity index (χ3n) is 1.88. The van der Waals surface area contributed by atoms with Crippen molar-refractivity contribution in [1.82, 2.24) is 0 Å². The molecule has 0 amide bonds. The van der Waals surface area contributed by atoms with E-state index in [1.165, 1.54) is 0 Å². The molecule has 0 bridgehead atoms. The van der Waals surface area contributed by atoms with Crippen molar-refractivity contribution in [3.05, 3.63) is 24.8 Å². The Morgan fingerprint density at radius 3 is 2.42 bits per heavy atom. The summed E-state index contributed by atoms with van der Waals surface area (Å²) in [5.74, 6) is 0. The van der Waals surface area contributed by atoms with Crippen LogP contribution in [-0.2, 0) is 0 Å². The van der Waals surface area contributed by atoms with Gasteiger partial charge in [0.25, 0.3) is 0 Å². The Morgan fingerprint density at radius 2 is 2.00 bits per heavy atom. The number of aliphatic hydroxyl groups excluding tert-OH is 1. The summed E-state index contributed by atoms with van der Waals surface area (Å²) >= 11 is 0. The summed E-state index contributed by atoms with van der Waals surface area (Å²) in [6.45, 7) is 9.73. The van der Waals surface area contributed by atoms with E-state index in [0.29, 0.717) is 0 Å². The van der Waals surface area contributed by atoms with Crippen molar-refractivity contribution in [3.8, 4) is 0 Å². The van der Waals surface area contributed by atoms with E-state index in [2.05, 4.69) is 27.4 Å². The fraction of sp³-hybridized carbons (Fsp3) is 0.636. The number of allylic oxidation sites excluding steroid dienone is 3. The molecular formula is C11H20O. The first-order valence-corrected chi connectivity index (χ1v) is 4.44. The zero-order valence-electron chi connectivity index (χ0n) is 8.38. The molecule has 1 unspecified atom stereocenters. The molecule has 0 aromatic carbocycles. The third-order valence-corrected chi connectivity index (χ3v) is 1.88. The van der Waals surface area contributed by atoms with Crippen LogP contribution in [0.2, 0.25) is 0 Å². The zero-order chi connectivity index (χ0) is 9.61. The Labute approximate surface area is 75.8 Å². The Morgan fingerprint density at radius 1 is 1.42 bits per heavy atom. The van der Waals surface area contributed by atoms with Crippen LogP contribution >= 0.6 is 0 Å². The van der Waals surface area contributed by atoms with Crippen LogP contribution in [0.5, 0.6) is 0 Å². The summed E-state index contributed by atoms with van der Waals surface area (Å²) in [6, 6.07) is 0. The van der Waals surface area contributed by atoms with Crippen molar-refractivity contribution in [3.63, 3.8) is 0 Å². The lowest BCUT2D eigenvalue weighted by Gasteiger charge is -2.25. The van der Waals surface area contributed by atoms with E-state index >= 15 is 0 Å². The molecule has 0 spiro atoms. The monoisotopic (exact) mass is 168 g/mol. The fourth-order valence-electron chi connectivity index (χ4n) is 0.880. The lowest BCUT2D eigenvalue weighted by atomic mass is 9.86. The second-order valence-electron chi connectivity index (χ2n) is 4.12. The molecule has 0 radical (unpaired) electrons. The Hall–Kier alpha value is -0.560. The van der Waals surface area contributed by atoms with Crippen molar-refractivity contribution in [2.24, 2.45) is 5.41 Å². The van der Waals surface area contributed by atoms with Gasteiger partial charge >= 0.3 is 0 Å². The smallest absolute Gasteiger partial charge is 0.0591 e. The van der Waals surface area contributed by atoms with Gasteiger partial charge < -0.3 is 5.11 Å². The van der Waals surface area contributed by atoms with Crippen molar-refractivity contribution in [2.45, 2.75) is 39.7 Å². The molecule has 0 heterocycles. The Kier molecular flexibility index (Phi) is 4.91. The lowest BCUT2D eigenvalue weighted by molar-refractivity contribution is 0.0566. The SMILES string of the molecule is C=CC=CCCC(O)C(C)(C)C. The fourth-order valence-corrected chi connectivity index (χ4v) is 0.880. The van der Waals surface area contributed by atoms with Gasteiger partial charge in [-0.05, 0) is 18.3 Å². The number of rotatable bonds is 4. The van der Waals surface area contributed by atoms with Crippen LogP contribution in [-0.4, -0.2) is 11.2 Å². The minimum Gasteiger partial charge on any atom is -0.393 e. The van der Waals surface area contributed by atoms with E-state index in [9.17, 15) is 5.11 Å². The molecular weight excluding hydrogens is 148 g/mol. The van der Waals surface area contributed by atoms with E-state index in [1.807, 2.05) is 12.2 Å². The van der Waals surface area contributed by atoms with Gasteiger partial charge in [-0.2, -0.15) is 0 Å². The molecule has 1 nitrogen and oxygen atoms in total. The minimum absolute atomic E-state index is 0.00200. The molecule has 0 aliphatic carbocycles. The summed E-state index contributed by atoms with van der Waals surface area (Å²) in [5.41, 5.74) is 0.00200. The summed E-state index contributed by atoms with van der Waals surface area (Å²) in [6.07, 6.45) is 7.23. The van der Waals surface area contributed by atoms with E-state index < -0.39 is 0 Å². The predicted molar refractivity (Wildman–Crippen MR) is 54.0 cm³/mol. The largest absolute Gasteiger partial charge is 0.393 e. The second kappa shape index (κ2) is 5.15. The molecule has 70 valence electrons. The van der Waals surface area contributed by atoms with Crippen LogP contribution in [0, 0.1) is 5.41 Å². The van der Waals surface area contributed by atoms with Gasteiger partial charge in [0.15, 0.2) is 0 Å². The summed E-state index contributed by atoms with van der Waals surface area (Å²) in [4.78, 5) is 0. The standard InChI is InChI=1S/C11H20O/c1-5-6-7-8-9-10(12)11(2,3)4/h5-7,10,12H,1,8-9H2,2-4H3. The highest BCUT2D eigenvalue weighted by Gasteiger charge is 2.20. The average Bonchev–Trinajstić information content (AvgIpc) is 1.96. The molecule has 0 saturated carbocycles. The van der Waals surface area contributed by atoms with Crippen LogP contribution in [0.3, 0.4) is 0 Å². The Bertz CT molecular complexity index is 151. The highest BCUT2D eigenvalue weighted by molar-refractivity contribution is 4.97. The van der Waals surface area contributed by atoms with Gasteiger partial charge in [-0.3, -0.25) is 0 Å². The van der Waals surface area contributed by atoms with Crippen LogP contribution in [0.1, 0.15) is 33.6 Å². The van der Waals surface area contributed by atoms with Gasteiger partial charge in [0.1, 0.15) is 0 Å². The van der Waals surface area contributed by atoms with Gasteiger partial charge in [-0.15, -0.1) is 0 Å². The maximum Gasteiger partial charge on any atom is 0.0591 e. The molecule has 0 saturated heterocycles. The van der Waals surface area contributed by atoms with Gasteiger partial charge in [0, 0.05) is 0 Å². The molecule has 0 aliphatic heterocycles. The lowest BCUT2D eigenvalue weighted by Crippen LogP contribution is -2.25. The molecule has 0 rings (SSSR count). The normalized spacial score (nSPS) is 15.0. The number of hydrogen-bond donors (Lipinski definition) is 1. The maximum atomic E-state index is 9.63. The molecule has 0 aromatic heterocycles. The second-order valence-corrected chi connectivity index (χ2v) is 4.12. The van der Waals surface area contributed by atoms with Crippen LogP contribution in [0.25, 0.3) is 0 Å². The highest BCUT2D eigenvalue weighted by atomic mass is 16.3. The van der Waals surface area contributed by atoms with Crippen molar-refractivity contribution >= 4 is 0 Å². The van der Waals surface area contributed by atoms with Crippen molar-refractivity contribution in [1.29, 1.82) is 0 Å². The van der Waals surface area contributed by atoms with Crippen molar-refractivity contribution < 1.29 is 5.11 Å². The van der Waals surface area contributed by atoms with Gasteiger partial charge in [0.05, 0.1) is 6.10 Å². The van der Waals surface area contributed by atoms with E-state index in [0.717, 1.165) is 12.8 Å². The first-order chi connectivity index (χ1) is 5.48. The van der Waals surface area contributed by atoms with Crippen LogP contribution in [0.15, 0.2) is 24.8 Å². The summed E-state index contributed by atoms with van der Waals surface area (Å²) in [7, 11) is 0. The van der Waals surface area contributed by atoms with E-state index in [1.54, 1.807) is 6.08 Å². The quantitative estimate of drug-likeness (QED) is 0.640. The predicted octanol–water partition coefficient (Wildman–Crippen LogP) is 2.92. The zero-order valence-corrected chi connectivity index (χ0v) is 8.38. The third kappa shape index (κ3) is 5.14. The maximum absolute atomic E-state index is 9.63. The molecule has 1 heteroatoms. The number of aliphatic hydroxyl groups is 1. The van der Waals surface area contributed by atoms with Gasteiger partial charge in [-0.1, -0.05) is 45.6 Å². The first-order valence-electron chi connectivity index (χ1n) is 4.44. The average molecular weight is 168 g/mol. The minimum atomic E-state index is -0.216. The van der Waals surface area contributed by atoms with E-state index in [4.69, 9.17) is 0 Å². The van der Waals surface area contributed by atoms with Gasteiger partial charge in [0.2, 0.25) is 0 Å². The molecule has 0 fully saturated rings. The topological polar surface area (TPSA) is 20.2 Å².